The number of hydrogen-bond acceptors (Lipinski definition) is 2. The highest BCUT2D eigenvalue weighted by atomic mass is 16.5. The lowest BCUT2D eigenvalue weighted by atomic mass is 10.0. The topological polar surface area (TPSA) is 46.5 Å². The number of carboxylic acids is 1. The van der Waals surface area contributed by atoms with Gasteiger partial charge >= 0.3 is 5.97 Å². The van der Waals surface area contributed by atoms with Crippen LogP contribution in [-0.2, 0) is 16.0 Å². The van der Waals surface area contributed by atoms with Crippen LogP contribution in [0.1, 0.15) is 17.5 Å². The molecular weight excluding hydrogens is 204 g/mol. The average Bonchev–Trinajstić information content (AvgIpc) is 2.28. The van der Waals surface area contributed by atoms with Gasteiger partial charge in [0, 0.05) is 19.8 Å². The third-order valence-electron chi connectivity index (χ3n) is 2.26. The number of benzene rings is 1. The van der Waals surface area contributed by atoms with Crippen molar-refractivity contribution in [1.82, 2.24) is 0 Å². The maximum absolute atomic E-state index is 10.4. The van der Waals surface area contributed by atoms with Crippen molar-refractivity contribution >= 4 is 12.0 Å². The van der Waals surface area contributed by atoms with Crippen LogP contribution in [0.15, 0.2) is 30.3 Å². The van der Waals surface area contributed by atoms with E-state index in [9.17, 15) is 4.79 Å². The van der Waals surface area contributed by atoms with Crippen LogP contribution in [-0.4, -0.2) is 24.8 Å². The molecule has 1 aromatic rings. The van der Waals surface area contributed by atoms with Crippen LogP contribution in [0, 0.1) is 0 Å². The molecule has 0 saturated heterocycles. The fourth-order valence-corrected chi connectivity index (χ4v) is 1.49. The van der Waals surface area contributed by atoms with Crippen LogP contribution in [0.5, 0.6) is 0 Å². The summed E-state index contributed by atoms with van der Waals surface area (Å²) < 4.78 is 4.99. The Labute approximate surface area is 95.4 Å². The predicted octanol–water partition coefficient (Wildman–Crippen LogP) is 2.36. The Hall–Kier alpha value is -1.61. The smallest absolute Gasteiger partial charge is 0.328 e. The van der Waals surface area contributed by atoms with Gasteiger partial charge in [-0.25, -0.2) is 4.79 Å². The van der Waals surface area contributed by atoms with Gasteiger partial charge in [0.25, 0.3) is 0 Å². The minimum atomic E-state index is -0.924. The summed E-state index contributed by atoms with van der Waals surface area (Å²) in [6.45, 7) is 0.719. The third-order valence-corrected chi connectivity index (χ3v) is 2.26. The summed E-state index contributed by atoms with van der Waals surface area (Å²) in [4.78, 5) is 10.4. The zero-order chi connectivity index (χ0) is 11.8. The van der Waals surface area contributed by atoms with Crippen molar-refractivity contribution in [3.05, 3.63) is 41.5 Å². The zero-order valence-electron chi connectivity index (χ0n) is 9.35. The molecule has 1 N–H and O–H groups in total. The lowest BCUT2D eigenvalue weighted by Crippen LogP contribution is -1.95. The number of hydrogen-bond donors (Lipinski definition) is 1. The van der Waals surface area contributed by atoms with Gasteiger partial charge < -0.3 is 9.84 Å². The van der Waals surface area contributed by atoms with E-state index in [1.165, 1.54) is 0 Å². The van der Waals surface area contributed by atoms with Gasteiger partial charge in [-0.2, -0.15) is 0 Å². The number of methoxy groups -OCH3 is 1. The molecule has 0 fully saturated rings. The van der Waals surface area contributed by atoms with Crippen molar-refractivity contribution in [2.75, 3.05) is 13.7 Å². The fourth-order valence-electron chi connectivity index (χ4n) is 1.49. The first-order chi connectivity index (χ1) is 7.74. The Morgan fingerprint density at radius 1 is 1.44 bits per heavy atom. The van der Waals surface area contributed by atoms with E-state index < -0.39 is 5.97 Å². The van der Waals surface area contributed by atoms with Crippen LogP contribution in [0.25, 0.3) is 6.08 Å². The molecule has 86 valence electrons. The van der Waals surface area contributed by atoms with E-state index in [0.717, 1.165) is 36.7 Å². The second-order valence-corrected chi connectivity index (χ2v) is 3.47. The molecule has 0 radical (unpaired) electrons. The summed E-state index contributed by atoms with van der Waals surface area (Å²) >= 11 is 0. The normalized spacial score (nSPS) is 10.8. The molecule has 0 saturated carbocycles. The van der Waals surface area contributed by atoms with Crippen LogP contribution >= 0.6 is 0 Å². The van der Waals surface area contributed by atoms with Crippen molar-refractivity contribution < 1.29 is 14.6 Å². The monoisotopic (exact) mass is 220 g/mol. The molecule has 1 aromatic carbocycles. The summed E-state index contributed by atoms with van der Waals surface area (Å²) in [6.07, 6.45) is 4.63. The Kier molecular flexibility index (Phi) is 5.29. The molecule has 0 spiro atoms. The lowest BCUT2D eigenvalue weighted by Gasteiger charge is -2.05. The molecule has 0 amide bonds. The Morgan fingerprint density at radius 2 is 2.19 bits per heavy atom. The van der Waals surface area contributed by atoms with Crippen LogP contribution in [0.2, 0.25) is 0 Å². The molecule has 0 atom stereocenters. The highest BCUT2D eigenvalue weighted by molar-refractivity contribution is 5.85. The van der Waals surface area contributed by atoms with Crippen molar-refractivity contribution in [3.63, 3.8) is 0 Å². The standard InChI is InChI=1S/C13H16O3/c1-16-10-4-7-11-5-2-3-6-12(11)8-9-13(14)15/h2-3,5-6,8-9H,4,7,10H2,1H3,(H,14,15)/b9-8+. The maximum Gasteiger partial charge on any atom is 0.328 e. The van der Waals surface area contributed by atoms with E-state index in [1.807, 2.05) is 24.3 Å². The van der Waals surface area contributed by atoms with Gasteiger partial charge in [-0.15, -0.1) is 0 Å². The molecule has 0 heterocycles. The van der Waals surface area contributed by atoms with E-state index in [-0.39, 0.29) is 0 Å². The van der Waals surface area contributed by atoms with E-state index in [1.54, 1.807) is 13.2 Å². The summed E-state index contributed by atoms with van der Waals surface area (Å²) in [5, 5.41) is 8.57. The van der Waals surface area contributed by atoms with E-state index in [4.69, 9.17) is 9.84 Å². The van der Waals surface area contributed by atoms with E-state index in [2.05, 4.69) is 0 Å². The summed E-state index contributed by atoms with van der Waals surface area (Å²) in [6, 6.07) is 7.79. The number of aryl methyl sites for hydroxylation is 1. The Bertz CT molecular complexity index is 369. The maximum atomic E-state index is 10.4. The molecule has 0 bridgehead atoms. The number of rotatable bonds is 6. The molecule has 0 aliphatic heterocycles. The van der Waals surface area contributed by atoms with Crippen LogP contribution < -0.4 is 0 Å². The number of aliphatic carboxylic acids is 1. The van der Waals surface area contributed by atoms with Gasteiger partial charge in [-0.05, 0) is 30.0 Å². The van der Waals surface area contributed by atoms with Crippen molar-refractivity contribution in [2.45, 2.75) is 12.8 Å². The molecule has 0 unspecified atom stereocenters. The Balaban J connectivity index is 2.71. The largest absolute Gasteiger partial charge is 0.478 e. The van der Waals surface area contributed by atoms with Crippen molar-refractivity contribution in [2.24, 2.45) is 0 Å². The average molecular weight is 220 g/mol. The number of ether oxygens (including phenoxy) is 1. The number of carbonyl (C=O) groups is 1. The SMILES string of the molecule is COCCCc1ccccc1/C=C/C(=O)O. The molecule has 0 aliphatic rings. The van der Waals surface area contributed by atoms with Crippen LogP contribution in [0.4, 0.5) is 0 Å². The summed E-state index contributed by atoms with van der Waals surface area (Å²) in [5.74, 6) is -0.924. The first-order valence-electron chi connectivity index (χ1n) is 5.22. The second kappa shape index (κ2) is 6.80. The van der Waals surface area contributed by atoms with Crippen LogP contribution in [0.3, 0.4) is 0 Å². The molecule has 3 heteroatoms. The molecular formula is C13H16O3. The quantitative estimate of drug-likeness (QED) is 0.591. The first-order valence-corrected chi connectivity index (χ1v) is 5.22. The summed E-state index contributed by atoms with van der Waals surface area (Å²) in [5.41, 5.74) is 2.11. The lowest BCUT2D eigenvalue weighted by molar-refractivity contribution is -0.131. The highest BCUT2D eigenvalue weighted by Gasteiger charge is 1.99. The highest BCUT2D eigenvalue weighted by Crippen LogP contribution is 2.12. The zero-order valence-corrected chi connectivity index (χ0v) is 9.35. The van der Waals surface area contributed by atoms with Crippen molar-refractivity contribution in [3.8, 4) is 0 Å². The van der Waals surface area contributed by atoms with Gasteiger partial charge in [0.05, 0.1) is 0 Å². The van der Waals surface area contributed by atoms with Gasteiger partial charge in [-0.1, -0.05) is 24.3 Å². The van der Waals surface area contributed by atoms with Gasteiger partial charge in [0.2, 0.25) is 0 Å². The van der Waals surface area contributed by atoms with Gasteiger partial charge in [-0.3, -0.25) is 0 Å². The van der Waals surface area contributed by atoms with Gasteiger partial charge in [0.15, 0.2) is 0 Å². The minimum Gasteiger partial charge on any atom is -0.478 e. The molecule has 0 aromatic heterocycles. The summed E-state index contributed by atoms with van der Waals surface area (Å²) in [7, 11) is 1.68. The second-order valence-electron chi connectivity index (χ2n) is 3.47. The molecule has 16 heavy (non-hydrogen) atoms. The Morgan fingerprint density at radius 3 is 2.88 bits per heavy atom. The molecule has 1 rings (SSSR count). The number of carboxylic acid groups (broad SMARTS) is 1. The molecule has 0 aliphatic carbocycles. The third kappa shape index (κ3) is 4.28. The van der Waals surface area contributed by atoms with Gasteiger partial charge in [0.1, 0.15) is 0 Å². The predicted molar refractivity (Wildman–Crippen MR) is 63.3 cm³/mol. The first kappa shape index (κ1) is 12.5. The minimum absolute atomic E-state index is 0.719. The van der Waals surface area contributed by atoms with Crippen molar-refractivity contribution in [1.29, 1.82) is 0 Å². The molecule has 3 nitrogen and oxygen atoms in total. The van der Waals surface area contributed by atoms with E-state index >= 15 is 0 Å². The fraction of sp³-hybridized carbons (Fsp3) is 0.308. The van der Waals surface area contributed by atoms with E-state index in [0.29, 0.717) is 0 Å².